The van der Waals surface area contributed by atoms with E-state index in [1.165, 1.54) is 10.3 Å². The number of nitrogens with one attached hydrogen (secondary N) is 1. The highest BCUT2D eigenvalue weighted by atomic mass is 35.5. The maximum absolute atomic E-state index is 13.4. The molecular weight excluding hydrogens is 490 g/mol. The van der Waals surface area contributed by atoms with E-state index in [0.29, 0.717) is 16.5 Å². The Hall–Kier alpha value is -2.75. The summed E-state index contributed by atoms with van der Waals surface area (Å²) in [6.07, 6.45) is 2.98. The number of benzene rings is 2. The number of aromatic amines is 1. The minimum atomic E-state index is -0.435. The molecule has 0 saturated heterocycles. The van der Waals surface area contributed by atoms with Crippen LogP contribution < -0.4 is 16.8 Å². The van der Waals surface area contributed by atoms with Crippen LogP contribution in [0.4, 0.5) is 0 Å². The molecule has 0 radical (unpaired) electrons. The van der Waals surface area contributed by atoms with Gasteiger partial charge in [-0.25, -0.2) is 0 Å². The van der Waals surface area contributed by atoms with Gasteiger partial charge in [-0.3, -0.25) is 14.6 Å². The number of H-pyrrole nitrogens is 1. The molecule has 34 heavy (non-hydrogen) atoms. The molecule has 1 aliphatic rings. The molecule has 1 aliphatic heterocycles. The zero-order valence-corrected chi connectivity index (χ0v) is 20.6. The predicted molar refractivity (Wildman–Crippen MR) is 137 cm³/mol. The average molecular weight is 513 g/mol. The lowest BCUT2D eigenvalue weighted by Crippen LogP contribution is -2.17. The van der Waals surface area contributed by atoms with Crippen molar-refractivity contribution in [2.45, 2.75) is 22.3 Å². The summed E-state index contributed by atoms with van der Waals surface area (Å²) >= 11 is 8.90. The number of hydrogen-bond donors (Lipinski definition) is 2. The van der Waals surface area contributed by atoms with E-state index in [1.54, 1.807) is 23.5 Å². The molecule has 0 aliphatic carbocycles. The van der Waals surface area contributed by atoms with Gasteiger partial charge < -0.3 is 16.0 Å². The van der Waals surface area contributed by atoms with E-state index in [1.807, 2.05) is 41.1 Å². The van der Waals surface area contributed by atoms with Crippen molar-refractivity contribution in [3.63, 3.8) is 0 Å². The van der Waals surface area contributed by atoms with Gasteiger partial charge in [-0.1, -0.05) is 65.8 Å². The number of halogens is 1. The number of hydrogen-bond acceptors (Lipinski definition) is 6. The van der Waals surface area contributed by atoms with Crippen molar-refractivity contribution in [2.24, 2.45) is 0 Å². The largest absolute Gasteiger partial charge is 0.858 e. The van der Waals surface area contributed by atoms with Gasteiger partial charge in [0.15, 0.2) is 0 Å². The highest BCUT2D eigenvalue weighted by Crippen LogP contribution is 2.38. The van der Waals surface area contributed by atoms with Crippen LogP contribution in [0, 0.1) is 0 Å². The van der Waals surface area contributed by atoms with E-state index < -0.39 is 11.6 Å². The topological polar surface area (TPSA) is 105 Å². The van der Waals surface area contributed by atoms with E-state index in [4.69, 9.17) is 16.3 Å². The molecule has 2 aromatic heterocycles. The first-order valence-electron chi connectivity index (χ1n) is 10.4. The van der Waals surface area contributed by atoms with Crippen molar-refractivity contribution < 1.29 is 9.84 Å². The van der Waals surface area contributed by atoms with Gasteiger partial charge in [0.1, 0.15) is 0 Å². The second kappa shape index (κ2) is 10.7. The number of aromatic nitrogens is 2. The highest BCUT2D eigenvalue weighted by molar-refractivity contribution is 7.99. The van der Waals surface area contributed by atoms with E-state index in [-0.39, 0.29) is 16.9 Å². The Bertz CT molecular complexity index is 1340. The zero-order chi connectivity index (χ0) is 22.8. The highest BCUT2D eigenvalue weighted by Gasteiger charge is 2.22. The van der Waals surface area contributed by atoms with Crippen LogP contribution in [0.2, 0.25) is 5.02 Å². The summed E-state index contributed by atoms with van der Waals surface area (Å²) in [6, 6.07) is 16.9. The Morgan fingerprint density at radius 2 is 1.91 bits per heavy atom. The molecule has 0 spiro atoms. The second-order valence-corrected chi connectivity index (χ2v) is 9.85. The minimum absolute atomic E-state index is 0. The number of thiophene rings is 1. The molecule has 176 valence electrons. The standard InChI is InChI=1S/C25H21ClN2O3S2.H3N/c26-20-3-1-2-4-21(20)33-23-24(29)27-28(25(23)30)22(19-11-14-32-15-19)18-7-5-16(6-8-18)17-9-12-31-13-10-17;/h1-9,11,14-15,22,30H,10,12-13H2,(H,27,29);1H3/p-1. The van der Waals surface area contributed by atoms with Gasteiger partial charge in [0.25, 0.3) is 5.56 Å². The molecule has 0 bridgehead atoms. The smallest absolute Gasteiger partial charge is 0.277 e. The zero-order valence-electron chi connectivity index (χ0n) is 18.2. The lowest BCUT2D eigenvalue weighted by molar-refractivity contribution is -0.284. The van der Waals surface area contributed by atoms with Crippen LogP contribution in [0.25, 0.3) is 5.57 Å². The third-order valence-corrected chi connectivity index (χ3v) is 7.85. The van der Waals surface area contributed by atoms with Gasteiger partial charge in [-0.05, 0) is 57.6 Å². The summed E-state index contributed by atoms with van der Waals surface area (Å²) in [5.74, 6) is -0.364. The summed E-state index contributed by atoms with van der Waals surface area (Å²) in [5.41, 5.74) is 3.84. The molecule has 3 heterocycles. The summed E-state index contributed by atoms with van der Waals surface area (Å²) in [6.45, 7) is 1.35. The van der Waals surface area contributed by atoms with Crippen LogP contribution in [0.5, 0.6) is 5.88 Å². The Morgan fingerprint density at radius 1 is 1.12 bits per heavy atom. The average Bonchev–Trinajstić information content (AvgIpc) is 3.46. The summed E-state index contributed by atoms with van der Waals surface area (Å²) in [4.78, 5) is 13.6. The summed E-state index contributed by atoms with van der Waals surface area (Å²) in [7, 11) is 0. The van der Waals surface area contributed by atoms with Gasteiger partial charge in [0.05, 0.1) is 29.2 Å². The van der Waals surface area contributed by atoms with Crippen molar-refractivity contribution in [1.82, 2.24) is 15.9 Å². The molecule has 6 nitrogen and oxygen atoms in total. The lowest BCUT2D eigenvalue weighted by Gasteiger charge is -2.24. The summed E-state index contributed by atoms with van der Waals surface area (Å²) < 4.78 is 6.83. The number of ether oxygens (including phenoxy) is 1. The van der Waals surface area contributed by atoms with Gasteiger partial charge >= 0.3 is 0 Å². The Kier molecular flexibility index (Phi) is 7.65. The first kappa shape index (κ1) is 24.4. The van der Waals surface area contributed by atoms with Crippen LogP contribution in [-0.2, 0) is 4.74 Å². The summed E-state index contributed by atoms with van der Waals surface area (Å²) in [5, 5.41) is 20.6. The van der Waals surface area contributed by atoms with Crippen LogP contribution >= 0.6 is 34.7 Å². The number of nitrogens with zero attached hydrogens (tertiary/aromatic N) is 1. The van der Waals surface area contributed by atoms with Crippen LogP contribution in [0.1, 0.15) is 29.2 Å². The fraction of sp³-hybridized carbons (Fsp3) is 0.160. The third kappa shape index (κ3) is 4.87. The van der Waals surface area contributed by atoms with E-state index in [9.17, 15) is 9.90 Å². The fourth-order valence-electron chi connectivity index (χ4n) is 3.92. The predicted octanol–water partition coefficient (Wildman–Crippen LogP) is 5.72. The van der Waals surface area contributed by atoms with Gasteiger partial charge in [-0.15, -0.1) is 0 Å². The van der Waals surface area contributed by atoms with Crippen LogP contribution in [-0.4, -0.2) is 23.0 Å². The molecule has 0 fully saturated rings. The Labute approximate surface area is 210 Å². The molecule has 1 unspecified atom stereocenters. The van der Waals surface area contributed by atoms with Crippen LogP contribution in [0.15, 0.2) is 86.0 Å². The fourth-order valence-corrected chi connectivity index (χ4v) is 5.70. The van der Waals surface area contributed by atoms with Gasteiger partial charge in [0.2, 0.25) is 0 Å². The van der Waals surface area contributed by atoms with Gasteiger partial charge in [-0.2, -0.15) is 11.3 Å². The monoisotopic (exact) mass is 512 g/mol. The van der Waals surface area contributed by atoms with Crippen molar-refractivity contribution >= 4 is 40.3 Å². The minimum Gasteiger partial charge on any atom is -0.858 e. The first-order chi connectivity index (χ1) is 16.1. The molecule has 0 saturated carbocycles. The van der Waals surface area contributed by atoms with Crippen molar-refractivity contribution in [3.8, 4) is 5.88 Å². The maximum Gasteiger partial charge on any atom is 0.277 e. The Morgan fingerprint density at radius 3 is 2.59 bits per heavy atom. The molecular formula is C25H23ClN3O3S2-. The molecule has 0 amide bonds. The van der Waals surface area contributed by atoms with Crippen molar-refractivity contribution in [2.75, 3.05) is 13.2 Å². The lowest BCUT2D eigenvalue weighted by atomic mass is 9.96. The molecule has 4 aromatic rings. The van der Waals surface area contributed by atoms with Crippen molar-refractivity contribution in [1.29, 1.82) is 0 Å². The molecule has 9 heteroatoms. The second-order valence-electron chi connectivity index (χ2n) is 7.61. The first-order valence-corrected chi connectivity index (χ1v) is 12.6. The normalized spacial score (nSPS) is 14.3. The quantitative estimate of drug-likeness (QED) is 0.343. The van der Waals surface area contributed by atoms with E-state index >= 15 is 0 Å². The molecule has 4 N–H and O–H groups in total. The molecule has 2 aromatic carbocycles. The van der Waals surface area contributed by atoms with E-state index in [0.717, 1.165) is 41.5 Å². The molecule has 5 rings (SSSR count). The number of rotatable bonds is 6. The van der Waals surface area contributed by atoms with Gasteiger partial charge in [0, 0.05) is 10.8 Å². The SMILES string of the molecule is N.O=c1[nH]n(C(c2ccc(C3=CCOCC3)cc2)c2ccsc2)c([O-])c1Sc1ccccc1Cl. The molecule has 1 atom stereocenters. The van der Waals surface area contributed by atoms with E-state index in [2.05, 4.69) is 23.3 Å². The van der Waals surface area contributed by atoms with Crippen molar-refractivity contribution in [3.05, 3.63) is 104 Å². The Balaban J connectivity index is 0.00000274. The third-order valence-electron chi connectivity index (χ3n) is 5.57. The van der Waals surface area contributed by atoms with Crippen LogP contribution in [0.3, 0.4) is 0 Å². The maximum atomic E-state index is 13.4.